The van der Waals surface area contributed by atoms with E-state index in [1.807, 2.05) is 18.2 Å². The molecule has 33 heavy (non-hydrogen) atoms. The molecule has 0 bridgehead atoms. The van der Waals surface area contributed by atoms with E-state index in [9.17, 15) is 0 Å². The van der Waals surface area contributed by atoms with Crippen molar-refractivity contribution >= 4 is 17.9 Å². The number of nitrogens with one attached hydrogen (secondary N) is 1. The van der Waals surface area contributed by atoms with Crippen LogP contribution in [0.5, 0.6) is 11.8 Å². The van der Waals surface area contributed by atoms with Crippen molar-refractivity contribution in [1.82, 2.24) is 29.7 Å². The maximum atomic E-state index is 5.58. The van der Waals surface area contributed by atoms with Gasteiger partial charge in [-0.1, -0.05) is 19.9 Å². The molecule has 0 spiro atoms. The average Bonchev–Trinajstić information content (AvgIpc) is 3.31. The number of hydrogen-bond donors (Lipinski definition) is 1. The van der Waals surface area contributed by atoms with E-state index in [1.54, 1.807) is 38.6 Å². The Morgan fingerprint density at radius 1 is 1.06 bits per heavy atom. The van der Waals surface area contributed by atoms with Gasteiger partial charge in [0.1, 0.15) is 5.69 Å². The SMILES string of the molecule is COc1cnc(C(C)C(C)SNc2nnc(-c3cccc(OC)n3)n2C2CCOCC2)cn1. The van der Waals surface area contributed by atoms with Gasteiger partial charge >= 0.3 is 0 Å². The Hall–Kier alpha value is -2.92. The van der Waals surface area contributed by atoms with Gasteiger partial charge in [0.15, 0.2) is 5.82 Å². The van der Waals surface area contributed by atoms with Crippen LogP contribution < -0.4 is 14.2 Å². The van der Waals surface area contributed by atoms with Crippen LogP contribution in [-0.4, -0.2) is 62.4 Å². The third-order valence-electron chi connectivity index (χ3n) is 5.78. The van der Waals surface area contributed by atoms with Crippen LogP contribution in [0.15, 0.2) is 30.6 Å². The number of hydrogen-bond acceptors (Lipinski definition) is 10. The summed E-state index contributed by atoms with van der Waals surface area (Å²) in [5.41, 5.74) is 1.63. The fraction of sp³-hybridized carbons (Fsp3) is 0.500. The van der Waals surface area contributed by atoms with Gasteiger partial charge in [0, 0.05) is 36.5 Å². The number of ether oxygens (including phenoxy) is 3. The summed E-state index contributed by atoms with van der Waals surface area (Å²) < 4.78 is 21.6. The maximum Gasteiger partial charge on any atom is 0.235 e. The van der Waals surface area contributed by atoms with Crippen LogP contribution in [0.25, 0.3) is 11.5 Å². The van der Waals surface area contributed by atoms with Gasteiger partial charge in [0.2, 0.25) is 17.7 Å². The molecule has 3 aromatic heterocycles. The van der Waals surface area contributed by atoms with Crippen LogP contribution in [0.4, 0.5) is 5.95 Å². The monoisotopic (exact) mass is 471 g/mol. The van der Waals surface area contributed by atoms with Crippen molar-refractivity contribution in [1.29, 1.82) is 0 Å². The smallest absolute Gasteiger partial charge is 0.235 e. The van der Waals surface area contributed by atoms with Gasteiger partial charge in [0.05, 0.1) is 32.3 Å². The van der Waals surface area contributed by atoms with Crippen LogP contribution in [0.2, 0.25) is 0 Å². The second kappa shape index (κ2) is 10.8. The molecule has 0 aromatic carbocycles. The molecule has 4 rings (SSSR count). The molecule has 1 aliphatic heterocycles. The largest absolute Gasteiger partial charge is 0.481 e. The highest BCUT2D eigenvalue weighted by atomic mass is 32.2. The van der Waals surface area contributed by atoms with E-state index in [0.29, 0.717) is 36.7 Å². The Bertz CT molecular complexity index is 1040. The lowest BCUT2D eigenvalue weighted by atomic mass is 10.1. The summed E-state index contributed by atoms with van der Waals surface area (Å²) >= 11 is 1.59. The molecule has 2 unspecified atom stereocenters. The number of pyridine rings is 1. The number of methoxy groups -OCH3 is 2. The maximum absolute atomic E-state index is 5.58. The number of rotatable bonds is 9. The van der Waals surface area contributed by atoms with Crippen LogP contribution in [-0.2, 0) is 4.74 Å². The van der Waals surface area contributed by atoms with Crippen molar-refractivity contribution < 1.29 is 14.2 Å². The topological polar surface area (TPSA) is 109 Å². The summed E-state index contributed by atoms with van der Waals surface area (Å²) in [5.74, 6) is 2.63. The van der Waals surface area contributed by atoms with Crippen LogP contribution in [0.3, 0.4) is 0 Å². The first kappa shape index (κ1) is 23.2. The van der Waals surface area contributed by atoms with Gasteiger partial charge in [0.25, 0.3) is 0 Å². The van der Waals surface area contributed by atoms with E-state index < -0.39 is 0 Å². The van der Waals surface area contributed by atoms with E-state index in [2.05, 4.69) is 48.3 Å². The number of nitrogens with zero attached hydrogens (tertiary/aromatic N) is 6. The third-order valence-corrected chi connectivity index (χ3v) is 6.86. The van der Waals surface area contributed by atoms with Crippen molar-refractivity contribution in [2.45, 2.75) is 43.9 Å². The molecule has 1 aliphatic rings. The lowest BCUT2D eigenvalue weighted by Gasteiger charge is -2.26. The first-order valence-electron chi connectivity index (χ1n) is 10.9. The van der Waals surface area contributed by atoms with E-state index in [0.717, 1.165) is 24.2 Å². The fourth-order valence-corrected chi connectivity index (χ4v) is 4.41. The summed E-state index contributed by atoms with van der Waals surface area (Å²) in [7, 11) is 3.19. The van der Waals surface area contributed by atoms with Crippen LogP contribution in [0, 0.1) is 0 Å². The molecule has 1 saturated heterocycles. The molecule has 0 aliphatic carbocycles. The zero-order valence-corrected chi connectivity index (χ0v) is 20.1. The second-order valence-electron chi connectivity index (χ2n) is 7.82. The molecular formula is C22H29N7O3S. The Balaban J connectivity index is 1.54. The molecular weight excluding hydrogens is 442 g/mol. The quantitative estimate of drug-likeness (QED) is 0.463. The van der Waals surface area contributed by atoms with Crippen LogP contribution >= 0.6 is 11.9 Å². The van der Waals surface area contributed by atoms with E-state index in [4.69, 9.17) is 14.2 Å². The van der Waals surface area contributed by atoms with Gasteiger partial charge in [-0.2, -0.15) is 0 Å². The number of aromatic nitrogens is 6. The van der Waals surface area contributed by atoms with Gasteiger partial charge < -0.3 is 14.2 Å². The van der Waals surface area contributed by atoms with Crippen molar-refractivity contribution in [3.63, 3.8) is 0 Å². The molecule has 0 saturated carbocycles. The Morgan fingerprint density at radius 2 is 1.85 bits per heavy atom. The molecule has 11 heteroatoms. The summed E-state index contributed by atoms with van der Waals surface area (Å²) in [4.78, 5) is 13.3. The highest BCUT2D eigenvalue weighted by molar-refractivity contribution is 8.01. The third kappa shape index (κ3) is 5.36. The van der Waals surface area contributed by atoms with E-state index in [-0.39, 0.29) is 17.2 Å². The molecule has 10 nitrogen and oxygen atoms in total. The van der Waals surface area contributed by atoms with E-state index in [1.165, 1.54) is 0 Å². The Morgan fingerprint density at radius 3 is 2.55 bits per heavy atom. The zero-order chi connectivity index (χ0) is 23.2. The lowest BCUT2D eigenvalue weighted by molar-refractivity contribution is 0.0704. The van der Waals surface area contributed by atoms with Gasteiger partial charge in [-0.05, 0) is 30.9 Å². The van der Waals surface area contributed by atoms with Gasteiger partial charge in [-0.15, -0.1) is 10.2 Å². The normalized spacial score (nSPS) is 16.2. The second-order valence-corrected chi connectivity index (χ2v) is 9.01. The van der Waals surface area contributed by atoms with Crippen LogP contribution in [0.1, 0.15) is 44.3 Å². The minimum absolute atomic E-state index is 0.167. The highest BCUT2D eigenvalue weighted by Gasteiger charge is 2.26. The van der Waals surface area contributed by atoms with Crippen molar-refractivity contribution in [3.05, 3.63) is 36.3 Å². The minimum Gasteiger partial charge on any atom is -0.481 e. The minimum atomic E-state index is 0.167. The number of anilines is 1. The molecule has 176 valence electrons. The standard InChI is InChI=1S/C22H29N7O3S/c1-14(18-12-24-20(31-4)13-23-18)15(2)33-28-22-27-26-21(17-6-5-7-19(25-17)30-3)29(22)16-8-10-32-11-9-16/h5-7,12-16H,8-11H2,1-4H3,(H,27,28). The molecule has 2 atom stereocenters. The Labute approximate surface area is 197 Å². The van der Waals surface area contributed by atoms with Crippen molar-refractivity contribution in [2.75, 3.05) is 32.2 Å². The van der Waals surface area contributed by atoms with Crippen molar-refractivity contribution in [2.24, 2.45) is 0 Å². The van der Waals surface area contributed by atoms with Crippen molar-refractivity contribution in [3.8, 4) is 23.3 Å². The predicted molar refractivity (Wildman–Crippen MR) is 127 cm³/mol. The molecule has 4 heterocycles. The van der Waals surface area contributed by atoms with Gasteiger partial charge in [-0.3, -0.25) is 14.3 Å². The first-order valence-corrected chi connectivity index (χ1v) is 11.8. The fourth-order valence-electron chi connectivity index (χ4n) is 3.63. The molecule has 3 aromatic rings. The average molecular weight is 472 g/mol. The summed E-state index contributed by atoms with van der Waals surface area (Å²) in [6.45, 7) is 5.70. The summed E-state index contributed by atoms with van der Waals surface area (Å²) in [5, 5.41) is 9.14. The lowest BCUT2D eigenvalue weighted by Crippen LogP contribution is -2.22. The predicted octanol–water partition coefficient (Wildman–Crippen LogP) is 3.75. The first-order chi connectivity index (χ1) is 16.1. The molecule has 0 amide bonds. The zero-order valence-electron chi connectivity index (χ0n) is 19.3. The Kier molecular flexibility index (Phi) is 7.61. The summed E-state index contributed by atoms with van der Waals surface area (Å²) in [6.07, 6.45) is 5.19. The highest BCUT2D eigenvalue weighted by Crippen LogP contribution is 2.33. The molecule has 0 radical (unpaired) electrons. The van der Waals surface area contributed by atoms with Gasteiger partial charge in [-0.25, -0.2) is 9.97 Å². The molecule has 1 fully saturated rings. The molecule has 1 N–H and O–H groups in total. The van der Waals surface area contributed by atoms with E-state index >= 15 is 0 Å². The summed E-state index contributed by atoms with van der Waals surface area (Å²) in [6, 6.07) is 5.87.